The van der Waals surface area contributed by atoms with Crippen LogP contribution in [0.1, 0.15) is 15.9 Å². The monoisotopic (exact) mass is 432 g/mol. The molecule has 9 heteroatoms. The van der Waals surface area contributed by atoms with Gasteiger partial charge in [-0.1, -0.05) is 54.2 Å². The normalized spacial score (nSPS) is 15.6. The zero-order valence-electron chi connectivity index (χ0n) is 14.7. The molecular weight excluding hydrogens is 418 g/mol. The Morgan fingerprint density at radius 2 is 1.83 bits per heavy atom. The lowest BCUT2D eigenvalue weighted by Crippen LogP contribution is -2.44. The summed E-state index contributed by atoms with van der Waals surface area (Å²) >= 11 is 6.22. The first kappa shape index (κ1) is 20.7. The highest BCUT2D eigenvalue weighted by Gasteiger charge is 2.33. The summed E-state index contributed by atoms with van der Waals surface area (Å²) in [6.45, 7) is -2.95. The van der Waals surface area contributed by atoms with Crippen LogP contribution < -0.4 is 10.2 Å². The molecule has 148 valence electrons. The summed E-state index contributed by atoms with van der Waals surface area (Å²) in [5.74, 6) is -1.13. The van der Waals surface area contributed by atoms with Gasteiger partial charge in [0.05, 0.1) is 4.91 Å². The fourth-order valence-electron chi connectivity index (χ4n) is 2.34. The molecule has 5 nitrogen and oxygen atoms in total. The number of thioether (sulfide) groups is 1. The molecule has 1 heterocycles. The molecule has 0 unspecified atom stereocenters. The van der Waals surface area contributed by atoms with Crippen LogP contribution in [0.3, 0.4) is 0 Å². The molecule has 29 heavy (non-hydrogen) atoms. The van der Waals surface area contributed by atoms with E-state index in [2.05, 4.69) is 10.2 Å². The molecule has 1 N–H and O–H groups in total. The lowest BCUT2D eigenvalue weighted by Gasteiger charge is -2.15. The molecular formula is C20H14F2N2O3S2. The molecule has 3 rings (SSSR count). The molecule has 1 saturated heterocycles. The summed E-state index contributed by atoms with van der Waals surface area (Å²) in [5.41, 5.74) is 3.56. The average molecular weight is 432 g/mol. The molecule has 1 fully saturated rings. The van der Waals surface area contributed by atoms with Crippen LogP contribution in [0.15, 0.2) is 71.7 Å². The Hall–Kier alpha value is -3.04. The van der Waals surface area contributed by atoms with Crippen molar-refractivity contribution in [3.8, 4) is 5.75 Å². The van der Waals surface area contributed by atoms with Crippen molar-refractivity contribution in [2.75, 3.05) is 0 Å². The third kappa shape index (κ3) is 5.49. The summed E-state index contributed by atoms with van der Waals surface area (Å²) in [4.78, 5) is 25.2. The second-order valence-corrected chi connectivity index (χ2v) is 7.33. The van der Waals surface area contributed by atoms with E-state index >= 15 is 0 Å². The Kier molecular flexibility index (Phi) is 6.73. The number of allylic oxidation sites excluding steroid dienone is 2. The van der Waals surface area contributed by atoms with Crippen molar-refractivity contribution < 1.29 is 23.1 Å². The molecule has 2 amide bonds. The van der Waals surface area contributed by atoms with Crippen LogP contribution >= 0.6 is 24.0 Å². The zero-order valence-corrected chi connectivity index (χ0v) is 16.4. The van der Waals surface area contributed by atoms with Crippen molar-refractivity contribution in [1.82, 2.24) is 10.4 Å². The lowest BCUT2D eigenvalue weighted by molar-refractivity contribution is -0.123. The van der Waals surface area contributed by atoms with E-state index in [4.69, 9.17) is 12.2 Å². The minimum absolute atomic E-state index is 0.0738. The second kappa shape index (κ2) is 9.44. The number of carbonyl (C=O) groups excluding carboxylic acids is 2. The van der Waals surface area contributed by atoms with E-state index in [1.165, 1.54) is 24.3 Å². The van der Waals surface area contributed by atoms with E-state index in [0.29, 0.717) is 4.91 Å². The Morgan fingerprint density at radius 1 is 1.14 bits per heavy atom. The number of carbonyl (C=O) groups is 2. The molecule has 2 aromatic rings. The fraction of sp³-hybridized carbons (Fsp3) is 0.0500. The van der Waals surface area contributed by atoms with Crippen LogP contribution in [0, 0.1) is 0 Å². The van der Waals surface area contributed by atoms with E-state index in [1.54, 1.807) is 12.2 Å². The summed E-state index contributed by atoms with van der Waals surface area (Å²) < 4.78 is 28.8. The fourth-order valence-corrected chi connectivity index (χ4v) is 3.47. The van der Waals surface area contributed by atoms with Crippen molar-refractivity contribution in [3.63, 3.8) is 0 Å². The van der Waals surface area contributed by atoms with E-state index < -0.39 is 18.4 Å². The molecule has 0 aliphatic carbocycles. The van der Waals surface area contributed by atoms with Gasteiger partial charge in [-0.05, 0) is 48.1 Å². The molecule has 1 aliphatic rings. The molecule has 0 spiro atoms. The number of nitrogens with one attached hydrogen (secondary N) is 1. The number of hydrogen-bond donors (Lipinski definition) is 1. The number of hydrogen-bond acceptors (Lipinski definition) is 5. The van der Waals surface area contributed by atoms with Gasteiger partial charge in [0.25, 0.3) is 11.8 Å². The predicted octanol–water partition coefficient (Wildman–Crippen LogP) is 4.39. The number of hydrazine groups is 1. The van der Waals surface area contributed by atoms with Crippen LogP contribution in [0.25, 0.3) is 6.08 Å². The van der Waals surface area contributed by atoms with Gasteiger partial charge in [0.2, 0.25) is 0 Å². The van der Waals surface area contributed by atoms with Gasteiger partial charge in [-0.25, -0.2) is 0 Å². The highest BCUT2D eigenvalue weighted by Crippen LogP contribution is 2.30. The minimum Gasteiger partial charge on any atom is -0.435 e. The van der Waals surface area contributed by atoms with E-state index in [-0.39, 0.29) is 15.6 Å². The van der Waals surface area contributed by atoms with Crippen molar-refractivity contribution in [1.29, 1.82) is 0 Å². The molecule has 0 bridgehead atoms. The van der Waals surface area contributed by atoms with Crippen molar-refractivity contribution in [3.05, 3.63) is 82.8 Å². The third-order valence-corrected chi connectivity index (χ3v) is 5.00. The Morgan fingerprint density at radius 3 is 2.48 bits per heavy atom. The van der Waals surface area contributed by atoms with Crippen molar-refractivity contribution in [2.24, 2.45) is 0 Å². The van der Waals surface area contributed by atoms with Gasteiger partial charge in [0, 0.05) is 5.56 Å². The van der Waals surface area contributed by atoms with Gasteiger partial charge in [0.15, 0.2) is 4.32 Å². The van der Waals surface area contributed by atoms with Gasteiger partial charge in [-0.2, -0.15) is 13.8 Å². The Balaban J connectivity index is 1.64. The van der Waals surface area contributed by atoms with Gasteiger partial charge in [0.1, 0.15) is 5.75 Å². The maximum atomic E-state index is 12.5. The molecule has 0 saturated carbocycles. The van der Waals surface area contributed by atoms with Gasteiger partial charge < -0.3 is 4.74 Å². The van der Waals surface area contributed by atoms with Gasteiger partial charge >= 0.3 is 6.61 Å². The maximum Gasteiger partial charge on any atom is 0.387 e. The molecule has 0 aromatic heterocycles. The first-order valence-electron chi connectivity index (χ1n) is 8.29. The smallest absolute Gasteiger partial charge is 0.387 e. The summed E-state index contributed by atoms with van der Waals surface area (Å²) in [6.07, 6.45) is 5.19. The summed E-state index contributed by atoms with van der Waals surface area (Å²) in [6, 6.07) is 14.7. The molecule has 1 aliphatic heterocycles. The number of ether oxygens (including phenoxy) is 1. The minimum atomic E-state index is -2.95. The Labute approximate surface area is 175 Å². The number of benzene rings is 2. The number of alkyl halides is 2. The summed E-state index contributed by atoms with van der Waals surface area (Å²) in [5, 5.41) is 0.980. The maximum absolute atomic E-state index is 12.5. The molecule has 2 aromatic carbocycles. The van der Waals surface area contributed by atoms with E-state index in [9.17, 15) is 18.4 Å². The summed E-state index contributed by atoms with van der Waals surface area (Å²) in [7, 11) is 0. The average Bonchev–Trinajstić information content (AvgIpc) is 2.96. The third-order valence-electron chi connectivity index (χ3n) is 3.68. The number of amides is 2. The van der Waals surface area contributed by atoms with Crippen molar-refractivity contribution in [2.45, 2.75) is 6.61 Å². The van der Waals surface area contributed by atoms with Gasteiger partial charge in [-0.15, -0.1) is 0 Å². The highest BCUT2D eigenvalue weighted by molar-refractivity contribution is 8.26. The van der Waals surface area contributed by atoms with Crippen LogP contribution in [0.5, 0.6) is 5.75 Å². The first-order chi connectivity index (χ1) is 13.9. The highest BCUT2D eigenvalue weighted by atomic mass is 32.2. The standard InChI is InChI=1S/C20H14F2N2O3S2/c21-19(22)27-15-11-9-14(10-12-15)17(25)23-24-18(26)16(29-20(24)28)8-4-7-13-5-2-1-3-6-13/h1-12,19H,(H,23,25). The van der Waals surface area contributed by atoms with Crippen LogP contribution in [0.2, 0.25) is 0 Å². The number of halogens is 2. The van der Waals surface area contributed by atoms with E-state index in [1.807, 2.05) is 36.4 Å². The first-order valence-corrected chi connectivity index (χ1v) is 9.52. The van der Waals surface area contributed by atoms with Gasteiger partial charge in [-0.3, -0.25) is 15.0 Å². The molecule has 0 radical (unpaired) electrons. The zero-order chi connectivity index (χ0) is 20.8. The van der Waals surface area contributed by atoms with Crippen LogP contribution in [0.4, 0.5) is 8.78 Å². The Bertz CT molecular complexity index is 977. The second-order valence-electron chi connectivity index (χ2n) is 5.65. The quantitative estimate of drug-likeness (QED) is 0.542. The van der Waals surface area contributed by atoms with Crippen LogP contribution in [-0.4, -0.2) is 27.8 Å². The largest absolute Gasteiger partial charge is 0.435 e. The topological polar surface area (TPSA) is 58.6 Å². The van der Waals surface area contributed by atoms with Crippen LogP contribution in [-0.2, 0) is 4.79 Å². The number of nitrogens with zero attached hydrogens (tertiary/aromatic N) is 1. The SMILES string of the molecule is O=C(NN1C(=O)C(=CC=Cc2ccccc2)SC1=S)c1ccc(OC(F)F)cc1. The number of thiocarbonyl (C=S) groups is 1. The van der Waals surface area contributed by atoms with Crippen molar-refractivity contribution >= 4 is 46.2 Å². The number of rotatable bonds is 6. The predicted molar refractivity (Wildman–Crippen MR) is 111 cm³/mol. The lowest BCUT2D eigenvalue weighted by atomic mass is 10.2. The molecule has 0 atom stereocenters. The van der Waals surface area contributed by atoms with E-state index in [0.717, 1.165) is 22.3 Å².